The van der Waals surface area contributed by atoms with Gasteiger partial charge in [-0.1, -0.05) is 6.07 Å². The molecular formula is C23H31N3O5. The van der Waals surface area contributed by atoms with E-state index in [0.717, 1.165) is 43.5 Å². The fourth-order valence-electron chi connectivity index (χ4n) is 5.63. The van der Waals surface area contributed by atoms with Crippen LogP contribution in [0.3, 0.4) is 0 Å². The zero-order valence-electron chi connectivity index (χ0n) is 18.4. The first-order valence-electron chi connectivity index (χ1n) is 10.9. The highest BCUT2D eigenvalue weighted by molar-refractivity contribution is 6.02. The van der Waals surface area contributed by atoms with Crippen LogP contribution in [0.5, 0.6) is 0 Å². The van der Waals surface area contributed by atoms with E-state index in [1.165, 1.54) is 0 Å². The van der Waals surface area contributed by atoms with Crippen molar-refractivity contribution in [3.8, 4) is 0 Å². The first-order valence-corrected chi connectivity index (χ1v) is 10.9. The van der Waals surface area contributed by atoms with Crippen LogP contribution in [0.15, 0.2) is 18.2 Å². The molecule has 1 saturated heterocycles. The molecule has 0 aromatic heterocycles. The SMILES string of the molecule is CNC(=O)C(CCC=O)N1Cc2c(cccc2N2CC3(CC(C(OC)OC)C3)C2)C1=O. The van der Waals surface area contributed by atoms with Gasteiger partial charge in [-0.3, -0.25) is 9.59 Å². The maximum atomic E-state index is 13.1. The third kappa shape index (κ3) is 3.72. The molecule has 1 aromatic carbocycles. The zero-order valence-corrected chi connectivity index (χ0v) is 18.4. The zero-order chi connectivity index (χ0) is 22.2. The first kappa shape index (κ1) is 21.8. The maximum absolute atomic E-state index is 13.1. The number of carbonyl (C=O) groups is 3. The molecule has 1 atom stereocenters. The number of rotatable bonds is 9. The molecule has 1 spiro atoms. The molecule has 2 aliphatic heterocycles. The van der Waals surface area contributed by atoms with Crippen LogP contribution in [0.1, 0.15) is 41.6 Å². The van der Waals surface area contributed by atoms with Crippen molar-refractivity contribution in [3.63, 3.8) is 0 Å². The van der Waals surface area contributed by atoms with Crippen LogP contribution < -0.4 is 10.2 Å². The van der Waals surface area contributed by atoms with Gasteiger partial charge in [-0.2, -0.15) is 0 Å². The summed E-state index contributed by atoms with van der Waals surface area (Å²) in [6.45, 7) is 2.31. The molecule has 1 aromatic rings. The number of benzene rings is 1. The van der Waals surface area contributed by atoms with E-state index >= 15 is 0 Å². The van der Waals surface area contributed by atoms with E-state index in [9.17, 15) is 14.4 Å². The fraction of sp³-hybridized carbons (Fsp3) is 0.609. The molecule has 1 unspecified atom stereocenters. The molecule has 1 saturated carbocycles. The molecule has 2 heterocycles. The molecule has 2 amide bonds. The van der Waals surface area contributed by atoms with Crippen LogP contribution in [-0.2, 0) is 25.6 Å². The Morgan fingerprint density at radius 2 is 2.00 bits per heavy atom. The summed E-state index contributed by atoms with van der Waals surface area (Å²) in [6, 6.07) is 5.17. The second-order valence-electron chi connectivity index (χ2n) is 8.97. The largest absolute Gasteiger partial charge is 0.370 e. The van der Waals surface area contributed by atoms with Crippen molar-refractivity contribution in [1.29, 1.82) is 0 Å². The summed E-state index contributed by atoms with van der Waals surface area (Å²) in [4.78, 5) is 40.3. The normalized spacial score (nSPS) is 20.5. The van der Waals surface area contributed by atoms with Gasteiger partial charge in [-0.15, -0.1) is 0 Å². The van der Waals surface area contributed by atoms with Crippen LogP contribution in [0.4, 0.5) is 5.69 Å². The topological polar surface area (TPSA) is 88.2 Å². The Labute approximate surface area is 182 Å². The molecule has 1 N–H and O–H groups in total. The number of anilines is 1. The average molecular weight is 430 g/mol. The van der Waals surface area contributed by atoms with Crippen molar-refractivity contribution in [2.45, 2.75) is 44.6 Å². The van der Waals surface area contributed by atoms with E-state index in [1.807, 2.05) is 12.1 Å². The van der Waals surface area contributed by atoms with Gasteiger partial charge in [-0.25, -0.2) is 0 Å². The number of ether oxygens (including phenoxy) is 2. The van der Waals surface area contributed by atoms with Gasteiger partial charge in [0.25, 0.3) is 5.91 Å². The van der Waals surface area contributed by atoms with Gasteiger partial charge in [0.1, 0.15) is 12.3 Å². The highest BCUT2D eigenvalue weighted by atomic mass is 16.7. The molecule has 4 rings (SSSR count). The molecule has 1 aliphatic carbocycles. The Balaban J connectivity index is 1.46. The lowest BCUT2D eigenvalue weighted by Gasteiger charge is -2.61. The van der Waals surface area contributed by atoms with Crippen molar-refractivity contribution in [2.24, 2.45) is 11.3 Å². The van der Waals surface area contributed by atoms with E-state index in [4.69, 9.17) is 9.47 Å². The number of nitrogens with one attached hydrogen (secondary N) is 1. The molecule has 3 aliphatic rings. The van der Waals surface area contributed by atoms with Gasteiger partial charge in [0.15, 0.2) is 6.29 Å². The summed E-state index contributed by atoms with van der Waals surface area (Å²) in [6.07, 6.45) is 3.39. The van der Waals surface area contributed by atoms with Crippen molar-refractivity contribution >= 4 is 23.8 Å². The highest BCUT2D eigenvalue weighted by Crippen LogP contribution is 2.55. The summed E-state index contributed by atoms with van der Waals surface area (Å²) in [5.74, 6) is 0.0546. The molecular weight excluding hydrogens is 398 g/mol. The molecule has 168 valence electrons. The van der Waals surface area contributed by atoms with Crippen LogP contribution in [-0.4, -0.2) is 69.7 Å². The van der Waals surface area contributed by atoms with Crippen molar-refractivity contribution in [3.05, 3.63) is 29.3 Å². The van der Waals surface area contributed by atoms with Gasteiger partial charge in [-0.05, 0) is 31.4 Å². The van der Waals surface area contributed by atoms with Crippen molar-refractivity contribution in [2.75, 3.05) is 39.3 Å². The number of methoxy groups -OCH3 is 2. The quantitative estimate of drug-likeness (QED) is 0.474. The lowest BCUT2D eigenvalue weighted by atomic mass is 9.57. The van der Waals surface area contributed by atoms with Gasteiger partial charge in [0, 0.05) is 75.5 Å². The maximum Gasteiger partial charge on any atom is 0.255 e. The van der Waals surface area contributed by atoms with E-state index in [0.29, 0.717) is 29.9 Å². The molecule has 8 heteroatoms. The monoisotopic (exact) mass is 429 g/mol. The predicted molar refractivity (Wildman–Crippen MR) is 115 cm³/mol. The van der Waals surface area contributed by atoms with E-state index < -0.39 is 6.04 Å². The summed E-state index contributed by atoms with van der Waals surface area (Å²) >= 11 is 0. The van der Waals surface area contributed by atoms with Crippen LogP contribution in [0, 0.1) is 11.3 Å². The molecule has 0 radical (unpaired) electrons. The molecule has 8 nitrogen and oxygen atoms in total. The van der Waals surface area contributed by atoms with Crippen LogP contribution in [0.25, 0.3) is 0 Å². The fourth-order valence-corrected chi connectivity index (χ4v) is 5.63. The predicted octanol–water partition coefficient (Wildman–Crippen LogP) is 1.57. The number of carbonyl (C=O) groups excluding carboxylic acids is 3. The number of aldehydes is 1. The Hall–Kier alpha value is -2.45. The van der Waals surface area contributed by atoms with E-state index in [2.05, 4.69) is 16.3 Å². The Morgan fingerprint density at radius 3 is 2.61 bits per heavy atom. The Morgan fingerprint density at radius 1 is 1.29 bits per heavy atom. The third-order valence-corrected chi connectivity index (χ3v) is 7.09. The van der Waals surface area contributed by atoms with E-state index in [-0.39, 0.29) is 24.5 Å². The van der Waals surface area contributed by atoms with Crippen molar-refractivity contribution < 1.29 is 23.9 Å². The summed E-state index contributed by atoms with van der Waals surface area (Å²) in [7, 11) is 4.92. The average Bonchev–Trinajstić information content (AvgIpc) is 3.06. The lowest BCUT2D eigenvalue weighted by molar-refractivity contribution is -0.184. The molecule has 2 fully saturated rings. The minimum absolute atomic E-state index is 0.139. The minimum Gasteiger partial charge on any atom is -0.370 e. The number of hydrogen-bond donors (Lipinski definition) is 1. The Bertz CT molecular complexity index is 855. The van der Waals surface area contributed by atoms with E-state index in [1.54, 1.807) is 26.2 Å². The number of likely N-dealkylation sites (N-methyl/N-ethyl adjacent to an activating group) is 1. The smallest absolute Gasteiger partial charge is 0.255 e. The second-order valence-corrected chi connectivity index (χ2v) is 8.97. The highest BCUT2D eigenvalue weighted by Gasteiger charge is 2.55. The number of nitrogens with zero attached hydrogens (tertiary/aromatic N) is 2. The van der Waals surface area contributed by atoms with Gasteiger partial charge in [0.05, 0.1) is 0 Å². The number of fused-ring (bicyclic) bond motifs is 1. The molecule has 0 bridgehead atoms. The standard InChI is InChI=1S/C23H31N3O5/c1-24-20(28)19(8-5-9-27)26-12-17-16(21(26)29)6-4-7-18(17)25-13-23(14-25)10-15(11-23)22(30-2)31-3/h4,6-7,9,15,19,22H,5,8,10-14H2,1-3H3,(H,24,28). The first-order chi connectivity index (χ1) is 15.0. The van der Waals surface area contributed by atoms with Crippen LogP contribution in [0.2, 0.25) is 0 Å². The van der Waals surface area contributed by atoms with Gasteiger partial charge >= 0.3 is 0 Å². The Kier molecular flexibility index (Phi) is 6.03. The molecule has 31 heavy (non-hydrogen) atoms. The van der Waals surface area contributed by atoms with Crippen LogP contribution >= 0.6 is 0 Å². The van der Waals surface area contributed by atoms with Gasteiger partial charge in [0.2, 0.25) is 5.91 Å². The summed E-state index contributed by atoms with van der Waals surface area (Å²) in [5, 5.41) is 2.63. The number of hydrogen-bond acceptors (Lipinski definition) is 6. The minimum atomic E-state index is -0.641. The summed E-state index contributed by atoms with van der Waals surface area (Å²) in [5.41, 5.74) is 3.01. The second kappa shape index (κ2) is 8.59. The van der Waals surface area contributed by atoms with Gasteiger partial charge < -0.3 is 29.4 Å². The number of amides is 2. The van der Waals surface area contributed by atoms with Crippen molar-refractivity contribution in [1.82, 2.24) is 10.2 Å². The third-order valence-electron chi connectivity index (χ3n) is 7.09. The summed E-state index contributed by atoms with van der Waals surface area (Å²) < 4.78 is 10.8. The lowest BCUT2D eigenvalue weighted by Crippen LogP contribution is -2.64.